The summed E-state index contributed by atoms with van der Waals surface area (Å²) in [6.07, 6.45) is 0.735. The molecular formula is C11H15NO5S. The molecule has 0 aromatic rings. The Kier molecular flexibility index (Phi) is 4.50. The van der Waals surface area contributed by atoms with Gasteiger partial charge in [0.15, 0.2) is 10.7 Å². The molecule has 1 saturated heterocycles. The van der Waals surface area contributed by atoms with Crippen LogP contribution in [0.25, 0.3) is 0 Å². The van der Waals surface area contributed by atoms with Gasteiger partial charge in [0.05, 0.1) is 5.25 Å². The highest BCUT2D eigenvalue weighted by molar-refractivity contribution is 8.14. The van der Waals surface area contributed by atoms with E-state index in [4.69, 9.17) is 0 Å². The number of carboxylic acids is 1. The van der Waals surface area contributed by atoms with E-state index in [1.165, 1.54) is 18.7 Å². The van der Waals surface area contributed by atoms with Gasteiger partial charge in [-0.05, 0) is 6.92 Å². The Balaban J connectivity index is 3.02. The van der Waals surface area contributed by atoms with E-state index in [-0.39, 0.29) is 30.4 Å². The summed E-state index contributed by atoms with van der Waals surface area (Å²) in [7, 11) is 0. The first kappa shape index (κ1) is 14.7. The molecular weight excluding hydrogens is 258 g/mol. The normalized spacial score (nSPS) is 27.3. The highest BCUT2D eigenvalue weighted by Crippen LogP contribution is 2.39. The van der Waals surface area contributed by atoms with Crippen molar-refractivity contribution >= 4 is 35.0 Å². The monoisotopic (exact) mass is 273 g/mol. The van der Waals surface area contributed by atoms with Gasteiger partial charge < -0.3 is 14.8 Å². The number of aliphatic carboxylic acids is 1. The van der Waals surface area contributed by atoms with Crippen molar-refractivity contribution in [2.45, 2.75) is 37.5 Å². The van der Waals surface area contributed by atoms with Crippen molar-refractivity contribution in [3.8, 4) is 0 Å². The van der Waals surface area contributed by atoms with Crippen LogP contribution in [0.2, 0.25) is 0 Å². The standard InChI is InChI=1S/C11H15NO5S/c1-7(14)18-8-6-9(15)12(4-3-5-13)11(8,2)10(16)17/h5,8H,3-4,6H2,1-2H3,(H,16,17)/t8?,11-/m0/s1. The molecule has 1 aliphatic heterocycles. The number of thioether (sulfide) groups is 1. The van der Waals surface area contributed by atoms with Gasteiger partial charge in [0, 0.05) is 26.3 Å². The molecule has 1 amide bonds. The first-order valence-corrected chi connectivity index (χ1v) is 6.36. The van der Waals surface area contributed by atoms with Gasteiger partial charge in [-0.1, -0.05) is 11.8 Å². The van der Waals surface area contributed by atoms with Crippen molar-refractivity contribution in [2.75, 3.05) is 6.54 Å². The highest BCUT2D eigenvalue weighted by Gasteiger charge is 2.55. The summed E-state index contributed by atoms with van der Waals surface area (Å²) in [6, 6.07) is 0. The van der Waals surface area contributed by atoms with Gasteiger partial charge in [0.1, 0.15) is 6.29 Å². The van der Waals surface area contributed by atoms with E-state index < -0.39 is 16.8 Å². The molecule has 18 heavy (non-hydrogen) atoms. The summed E-state index contributed by atoms with van der Waals surface area (Å²) in [5.41, 5.74) is -1.43. The molecule has 2 atom stereocenters. The predicted octanol–water partition coefficient (Wildman–Crippen LogP) is 0.299. The molecule has 1 heterocycles. The number of nitrogens with zero attached hydrogens (tertiary/aromatic N) is 1. The molecule has 0 spiro atoms. The van der Waals surface area contributed by atoms with Gasteiger partial charge in [-0.15, -0.1) is 0 Å². The van der Waals surface area contributed by atoms with Crippen LogP contribution in [0.4, 0.5) is 0 Å². The van der Waals surface area contributed by atoms with Crippen LogP contribution in [-0.2, 0) is 19.2 Å². The van der Waals surface area contributed by atoms with Crippen molar-refractivity contribution in [3.05, 3.63) is 0 Å². The zero-order chi connectivity index (χ0) is 13.9. The zero-order valence-electron chi connectivity index (χ0n) is 10.2. The van der Waals surface area contributed by atoms with Crippen LogP contribution in [0.5, 0.6) is 0 Å². The molecule has 1 N–H and O–H groups in total. The second-order valence-electron chi connectivity index (χ2n) is 4.26. The second-order valence-corrected chi connectivity index (χ2v) is 5.64. The Hall–Kier alpha value is -1.37. The quantitative estimate of drug-likeness (QED) is 0.724. The topological polar surface area (TPSA) is 91.8 Å². The average Bonchev–Trinajstić information content (AvgIpc) is 2.49. The number of carbonyl (C=O) groups is 4. The van der Waals surface area contributed by atoms with Crippen LogP contribution in [0.3, 0.4) is 0 Å². The third-order valence-corrected chi connectivity index (χ3v) is 4.30. The van der Waals surface area contributed by atoms with Crippen molar-refractivity contribution in [3.63, 3.8) is 0 Å². The maximum absolute atomic E-state index is 11.8. The Morgan fingerprint density at radius 1 is 1.61 bits per heavy atom. The SMILES string of the molecule is CC(=O)SC1CC(=O)N(CCC=O)[C@]1(C)C(=O)O. The van der Waals surface area contributed by atoms with E-state index in [1.807, 2.05) is 0 Å². The van der Waals surface area contributed by atoms with Gasteiger partial charge in [0.2, 0.25) is 5.91 Å². The fourth-order valence-corrected chi connectivity index (χ4v) is 3.13. The Morgan fingerprint density at radius 3 is 2.67 bits per heavy atom. The van der Waals surface area contributed by atoms with Gasteiger partial charge >= 0.3 is 5.97 Å². The van der Waals surface area contributed by atoms with Gasteiger partial charge in [-0.3, -0.25) is 9.59 Å². The van der Waals surface area contributed by atoms with Crippen LogP contribution < -0.4 is 0 Å². The van der Waals surface area contributed by atoms with Crippen LogP contribution in [-0.4, -0.2) is 50.6 Å². The van der Waals surface area contributed by atoms with Crippen LogP contribution in [0.1, 0.15) is 26.7 Å². The number of hydrogen-bond donors (Lipinski definition) is 1. The highest BCUT2D eigenvalue weighted by atomic mass is 32.2. The summed E-state index contributed by atoms with van der Waals surface area (Å²) in [5, 5.41) is 8.49. The molecule has 7 heteroatoms. The third kappa shape index (κ3) is 2.55. The first-order valence-electron chi connectivity index (χ1n) is 5.48. The largest absolute Gasteiger partial charge is 0.479 e. The average molecular weight is 273 g/mol. The summed E-state index contributed by atoms with van der Waals surface area (Å²) in [6.45, 7) is 2.83. The molecule has 0 radical (unpaired) electrons. The molecule has 0 aromatic carbocycles. The molecule has 0 bridgehead atoms. The number of hydrogen-bond acceptors (Lipinski definition) is 5. The fraction of sp³-hybridized carbons (Fsp3) is 0.636. The zero-order valence-corrected chi connectivity index (χ0v) is 11.0. The van der Waals surface area contributed by atoms with Crippen LogP contribution >= 0.6 is 11.8 Å². The number of rotatable bonds is 5. The number of amides is 1. The van der Waals surface area contributed by atoms with Crippen LogP contribution in [0.15, 0.2) is 0 Å². The summed E-state index contributed by atoms with van der Waals surface area (Å²) in [5.74, 6) is -1.49. The smallest absolute Gasteiger partial charge is 0.330 e. The number of carbonyl (C=O) groups excluding carboxylic acids is 3. The number of aldehydes is 1. The molecule has 6 nitrogen and oxygen atoms in total. The van der Waals surface area contributed by atoms with Gasteiger partial charge in [0.25, 0.3) is 0 Å². The van der Waals surface area contributed by atoms with E-state index in [9.17, 15) is 24.3 Å². The molecule has 1 rings (SSSR count). The fourth-order valence-electron chi connectivity index (χ4n) is 2.05. The van der Waals surface area contributed by atoms with Crippen LogP contribution in [0, 0.1) is 0 Å². The maximum Gasteiger partial charge on any atom is 0.330 e. The van der Waals surface area contributed by atoms with Crippen molar-refractivity contribution in [1.82, 2.24) is 4.90 Å². The number of likely N-dealkylation sites (tertiary alicyclic amines) is 1. The predicted molar refractivity (Wildman–Crippen MR) is 65.1 cm³/mol. The maximum atomic E-state index is 11.8. The van der Waals surface area contributed by atoms with Gasteiger partial charge in [-0.25, -0.2) is 4.79 Å². The third-order valence-electron chi connectivity index (χ3n) is 3.06. The lowest BCUT2D eigenvalue weighted by Crippen LogP contribution is -2.54. The lowest BCUT2D eigenvalue weighted by atomic mass is 9.98. The van der Waals surface area contributed by atoms with E-state index >= 15 is 0 Å². The Morgan fingerprint density at radius 2 is 2.22 bits per heavy atom. The summed E-state index contributed by atoms with van der Waals surface area (Å²) in [4.78, 5) is 45.9. The van der Waals surface area contributed by atoms with Crippen molar-refractivity contribution < 1.29 is 24.3 Å². The molecule has 1 fully saturated rings. The van der Waals surface area contributed by atoms with E-state index in [2.05, 4.69) is 0 Å². The minimum absolute atomic E-state index is 0.00586. The van der Waals surface area contributed by atoms with E-state index in [0.717, 1.165) is 11.8 Å². The van der Waals surface area contributed by atoms with Crippen molar-refractivity contribution in [1.29, 1.82) is 0 Å². The molecule has 1 aliphatic rings. The molecule has 100 valence electrons. The molecule has 0 aromatic heterocycles. The minimum Gasteiger partial charge on any atom is -0.479 e. The van der Waals surface area contributed by atoms with E-state index in [1.54, 1.807) is 0 Å². The van der Waals surface area contributed by atoms with Crippen molar-refractivity contribution in [2.24, 2.45) is 0 Å². The van der Waals surface area contributed by atoms with E-state index in [0.29, 0.717) is 6.29 Å². The molecule has 0 saturated carbocycles. The Labute approximate surface area is 109 Å². The first-order chi connectivity index (χ1) is 8.33. The molecule has 0 aliphatic carbocycles. The summed E-state index contributed by atoms with van der Waals surface area (Å²) >= 11 is 0.868. The minimum atomic E-state index is -1.43. The lowest BCUT2D eigenvalue weighted by Gasteiger charge is -2.34. The number of carboxylic acid groups (broad SMARTS) is 1. The molecule has 1 unspecified atom stereocenters. The Bertz CT molecular complexity index is 397. The lowest BCUT2D eigenvalue weighted by molar-refractivity contribution is -0.153. The van der Waals surface area contributed by atoms with Gasteiger partial charge in [-0.2, -0.15) is 0 Å². The second kappa shape index (κ2) is 5.51. The summed E-state index contributed by atoms with van der Waals surface area (Å²) < 4.78 is 0.